The predicted octanol–water partition coefficient (Wildman–Crippen LogP) is 5.16. The lowest BCUT2D eigenvalue weighted by atomic mass is 9.84. The maximum absolute atomic E-state index is 13.0. The fraction of sp³-hybridized carbons (Fsp3) is 0.333. The maximum atomic E-state index is 13.0. The molecule has 0 unspecified atom stereocenters. The molecule has 0 aliphatic heterocycles. The summed E-state index contributed by atoms with van der Waals surface area (Å²) in [4.78, 5) is 21.9. The Morgan fingerprint density at radius 2 is 0.643 bits per heavy atom. The van der Waals surface area contributed by atoms with Crippen molar-refractivity contribution in [3.05, 3.63) is 33.4 Å². The van der Waals surface area contributed by atoms with Gasteiger partial charge in [0.15, 0.2) is 0 Å². The van der Waals surface area contributed by atoms with Crippen molar-refractivity contribution >= 4 is 11.9 Å². The third-order valence-corrected chi connectivity index (χ3v) is 3.06. The number of hydrogen-bond donors (Lipinski definition) is 2. The molecule has 0 radical (unpaired) electrons. The SMILES string of the molecule is O=C(O)c1c(C(=O)O)c(C(F)(F)F)c(C(F)(F)F)c(C(F)(F)F)c1C(F)(F)F. The first kappa shape index (κ1) is 23.4. The minimum Gasteiger partial charge on any atom is -0.478 e. The zero-order valence-corrected chi connectivity index (χ0v) is 12.2. The van der Waals surface area contributed by atoms with Crippen molar-refractivity contribution in [3.8, 4) is 0 Å². The molecule has 0 saturated heterocycles. The van der Waals surface area contributed by atoms with Gasteiger partial charge in [-0.1, -0.05) is 0 Å². The molecule has 0 aromatic heterocycles. The molecule has 1 aromatic rings. The van der Waals surface area contributed by atoms with Crippen LogP contribution in [0.1, 0.15) is 43.0 Å². The Bertz CT molecular complexity index is 757. The molecule has 0 atom stereocenters. The first-order chi connectivity index (χ1) is 12.1. The molecule has 0 heterocycles. The summed E-state index contributed by atoms with van der Waals surface area (Å²) in [6, 6.07) is 0. The summed E-state index contributed by atoms with van der Waals surface area (Å²) in [6.07, 6.45) is -26.8. The van der Waals surface area contributed by atoms with Crippen molar-refractivity contribution in [2.24, 2.45) is 0 Å². The fourth-order valence-electron chi connectivity index (χ4n) is 2.31. The van der Waals surface area contributed by atoms with Gasteiger partial charge in [-0.15, -0.1) is 0 Å². The van der Waals surface area contributed by atoms with Crippen LogP contribution in [-0.4, -0.2) is 22.2 Å². The van der Waals surface area contributed by atoms with Crippen LogP contribution in [0.15, 0.2) is 0 Å². The Hall–Kier alpha value is -2.68. The van der Waals surface area contributed by atoms with Gasteiger partial charge in [-0.3, -0.25) is 0 Å². The van der Waals surface area contributed by atoms with Gasteiger partial charge in [-0.25, -0.2) is 9.59 Å². The minimum atomic E-state index is -6.79. The first-order valence-corrected chi connectivity index (χ1v) is 6.12. The molecule has 0 spiro atoms. The topological polar surface area (TPSA) is 74.6 Å². The highest BCUT2D eigenvalue weighted by atomic mass is 19.4. The maximum Gasteiger partial charge on any atom is 0.417 e. The van der Waals surface area contributed by atoms with E-state index in [-0.39, 0.29) is 0 Å². The fourth-order valence-corrected chi connectivity index (χ4v) is 2.31. The van der Waals surface area contributed by atoms with Gasteiger partial charge in [-0.2, -0.15) is 52.7 Å². The summed E-state index contributed by atoms with van der Waals surface area (Å²) >= 11 is 0. The average molecular weight is 438 g/mol. The lowest BCUT2D eigenvalue weighted by Crippen LogP contribution is -2.33. The van der Waals surface area contributed by atoms with Gasteiger partial charge in [0.1, 0.15) is 0 Å². The predicted molar refractivity (Wildman–Crippen MR) is 60.4 cm³/mol. The Labute approximate surface area is 144 Å². The second kappa shape index (κ2) is 6.44. The lowest BCUT2D eigenvalue weighted by Gasteiger charge is -2.27. The number of aromatic carboxylic acids is 2. The third-order valence-electron chi connectivity index (χ3n) is 3.06. The molecule has 2 N–H and O–H groups in total. The summed E-state index contributed by atoms with van der Waals surface area (Å²) in [5, 5.41) is 17.3. The minimum absolute atomic E-state index is 3.13. The molecule has 158 valence electrons. The van der Waals surface area contributed by atoms with Gasteiger partial charge >= 0.3 is 36.6 Å². The molecule has 0 saturated carbocycles. The number of alkyl halides is 12. The largest absolute Gasteiger partial charge is 0.478 e. The summed E-state index contributed by atoms with van der Waals surface area (Å²) in [7, 11) is 0. The monoisotopic (exact) mass is 438 g/mol. The summed E-state index contributed by atoms with van der Waals surface area (Å²) < 4.78 is 156. The molecule has 28 heavy (non-hydrogen) atoms. The average Bonchev–Trinajstić information content (AvgIpc) is 2.39. The van der Waals surface area contributed by atoms with Crippen LogP contribution in [0.3, 0.4) is 0 Å². The molecule has 1 aromatic carbocycles. The van der Waals surface area contributed by atoms with E-state index in [1.807, 2.05) is 0 Å². The van der Waals surface area contributed by atoms with Gasteiger partial charge in [0, 0.05) is 0 Å². The molecule has 0 aliphatic carbocycles. The van der Waals surface area contributed by atoms with Gasteiger partial charge in [-0.05, 0) is 0 Å². The van der Waals surface area contributed by atoms with E-state index in [2.05, 4.69) is 0 Å². The van der Waals surface area contributed by atoms with E-state index in [1.165, 1.54) is 0 Å². The summed E-state index contributed by atoms with van der Waals surface area (Å²) in [6.45, 7) is 0. The molecule has 4 nitrogen and oxygen atoms in total. The number of carboxylic acids is 2. The quantitative estimate of drug-likeness (QED) is 0.626. The van der Waals surface area contributed by atoms with E-state index in [4.69, 9.17) is 10.2 Å². The number of hydrogen-bond acceptors (Lipinski definition) is 2. The lowest BCUT2D eigenvalue weighted by molar-refractivity contribution is -0.183. The van der Waals surface area contributed by atoms with Crippen LogP contribution in [0.4, 0.5) is 52.7 Å². The van der Waals surface area contributed by atoms with Crippen LogP contribution in [-0.2, 0) is 24.7 Å². The van der Waals surface area contributed by atoms with Crippen molar-refractivity contribution in [1.82, 2.24) is 0 Å². The van der Waals surface area contributed by atoms with Crippen molar-refractivity contribution in [3.63, 3.8) is 0 Å². The first-order valence-electron chi connectivity index (χ1n) is 6.12. The second-order valence-electron chi connectivity index (χ2n) is 4.85. The smallest absolute Gasteiger partial charge is 0.417 e. The van der Waals surface area contributed by atoms with Crippen LogP contribution in [0.5, 0.6) is 0 Å². The van der Waals surface area contributed by atoms with Crippen LogP contribution >= 0.6 is 0 Å². The Morgan fingerprint density at radius 3 is 0.750 bits per heavy atom. The second-order valence-corrected chi connectivity index (χ2v) is 4.85. The van der Waals surface area contributed by atoms with Crippen molar-refractivity contribution < 1.29 is 72.5 Å². The molecule has 1 rings (SSSR count). The zero-order valence-electron chi connectivity index (χ0n) is 12.2. The molecule has 0 aliphatic rings. The molecular weight excluding hydrogens is 436 g/mol. The molecule has 16 heteroatoms. The highest BCUT2D eigenvalue weighted by Gasteiger charge is 2.59. The number of rotatable bonds is 2. The highest BCUT2D eigenvalue weighted by molar-refractivity contribution is 6.05. The van der Waals surface area contributed by atoms with Crippen LogP contribution < -0.4 is 0 Å². The zero-order chi connectivity index (χ0) is 22.6. The number of benzene rings is 1. The van der Waals surface area contributed by atoms with E-state index in [9.17, 15) is 62.3 Å². The molecule has 0 bridgehead atoms. The molecule has 0 fully saturated rings. The number of halogens is 12. The number of carboxylic acid groups (broad SMARTS) is 2. The van der Waals surface area contributed by atoms with Gasteiger partial charge < -0.3 is 10.2 Å². The van der Waals surface area contributed by atoms with Crippen LogP contribution in [0, 0.1) is 0 Å². The summed E-state index contributed by atoms with van der Waals surface area (Å²) in [5.74, 6) is -6.54. The molecule has 0 amide bonds. The number of carbonyl (C=O) groups is 2. The van der Waals surface area contributed by atoms with Gasteiger partial charge in [0.05, 0.1) is 33.4 Å². The molecular formula is C12H2F12O4. The van der Waals surface area contributed by atoms with E-state index in [0.717, 1.165) is 0 Å². The Kier molecular flexibility index (Phi) is 5.37. The Morgan fingerprint density at radius 1 is 0.464 bits per heavy atom. The normalized spacial score (nSPS) is 13.6. The van der Waals surface area contributed by atoms with Crippen molar-refractivity contribution in [2.75, 3.05) is 0 Å². The van der Waals surface area contributed by atoms with E-state index in [1.54, 1.807) is 0 Å². The van der Waals surface area contributed by atoms with Crippen LogP contribution in [0.2, 0.25) is 0 Å². The summed E-state index contributed by atoms with van der Waals surface area (Å²) in [5.41, 5.74) is -21.7. The highest BCUT2D eigenvalue weighted by Crippen LogP contribution is 2.53. The van der Waals surface area contributed by atoms with Crippen LogP contribution in [0.25, 0.3) is 0 Å². The van der Waals surface area contributed by atoms with Gasteiger partial charge in [0.2, 0.25) is 0 Å². The third kappa shape index (κ3) is 4.09. The van der Waals surface area contributed by atoms with Gasteiger partial charge in [0.25, 0.3) is 0 Å². The van der Waals surface area contributed by atoms with E-state index >= 15 is 0 Å². The Balaban J connectivity index is 4.74. The van der Waals surface area contributed by atoms with Crippen molar-refractivity contribution in [1.29, 1.82) is 0 Å². The standard InChI is InChI=1S/C12H2F12O4/c13-9(14,15)3-1(7(25)26)2(8(27)28)4(10(16,17)18)6(12(22,23)24)5(3)11(19,20)21/h(H,25,26)(H,27,28). The van der Waals surface area contributed by atoms with E-state index in [0.29, 0.717) is 0 Å². The van der Waals surface area contributed by atoms with Crippen molar-refractivity contribution in [2.45, 2.75) is 24.7 Å². The van der Waals surface area contributed by atoms with E-state index < -0.39 is 70.0 Å².